The SMILES string of the molecule is COCCc1nc(COc2nccc(C(C)(F)F)n2)no1. The van der Waals surface area contributed by atoms with E-state index in [1.54, 1.807) is 7.11 Å². The van der Waals surface area contributed by atoms with Crippen molar-refractivity contribution in [2.45, 2.75) is 25.9 Å². The molecular weight excluding hydrogens is 286 g/mol. The number of hydrogen-bond donors (Lipinski definition) is 0. The molecule has 9 heteroatoms. The average molecular weight is 300 g/mol. The summed E-state index contributed by atoms with van der Waals surface area (Å²) in [6.07, 6.45) is 1.69. The van der Waals surface area contributed by atoms with Crippen LogP contribution >= 0.6 is 0 Å². The van der Waals surface area contributed by atoms with Gasteiger partial charge in [0.2, 0.25) is 11.7 Å². The molecule has 0 aliphatic rings. The van der Waals surface area contributed by atoms with Crippen LogP contribution in [-0.2, 0) is 23.7 Å². The Hall–Kier alpha value is -2.16. The van der Waals surface area contributed by atoms with Crippen LogP contribution in [0.15, 0.2) is 16.8 Å². The lowest BCUT2D eigenvalue weighted by Crippen LogP contribution is -2.11. The maximum atomic E-state index is 13.1. The second-order valence-corrected chi connectivity index (χ2v) is 4.25. The van der Waals surface area contributed by atoms with Crippen LogP contribution in [-0.4, -0.2) is 33.8 Å². The van der Waals surface area contributed by atoms with Gasteiger partial charge >= 0.3 is 6.01 Å². The molecule has 0 radical (unpaired) electrons. The summed E-state index contributed by atoms with van der Waals surface area (Å²) in [5, 5.41) is 3.68. The molecule has 2 aromatic heterocycles. The maximum Gasteiger partial charge on any atom is 0.317 e. The Labute approximate surface area is 119 Å². The van der Waals surface area contributed by atoms with Gasteiger partial charge in [0.25, 0.3) is 5.92 Å². The van der Waals surface area contributed by atoms with E-state index in [1.807, 2.05) is 0 Å². The minimum Gasteiger partial charge on any atom is -0.455 e. The molecule has 0 aliphatic heterocycles. The van der Waals surface area contributed by atoms with Gasteiger partial charge in [-0.3, -0.25) is 0 Å². The summed E-state index contributed by atoms with van der Waals surface area (Å²) in [6, 6.07) is 0.960. The first-order chi connectivity index (χ1) is 9.99. The predicted octanol–water partition coefficient (Wildman–Crippen LogP) is 1.74. The van der Waals surface area contributed by atoms with E-state index in [9.17, 15) is 8.78 Å². The Bertz CT molecular complexity index is 586. The molecule has 0 atom stereocenters. The summed E-state index contributed by atoms with van der Waals surface area (Å²) < 4.78 is 41.2. The van der Waals surface area contributed by atoms with E-state index in [1.165, 1.54) is 6.20 Å². The third kappa shape index (κ3) is 4.42. The van der Waals surface area contributed by atoms with Gasteiger partial charge < -0.3 is 14.0 Å². The highest BCUT2D eigenvalue weighted by Crippen LogP contribution is 2.25. The highest BCUT2D eigenvalue weighted by molar-refractivity contribution is 5.10. The number of aromatic nitrogens is 4. The minimum absolute atomic E-state index is 0.0742. The lowest BCUT2D eigenvalue weighted by molar-refractivity contribution is 0.0117. The van der Waals surface area contributed by atoms with Crippen LogP contribution in [0.4, 0.5) is 8.78 Å². The quantitative estimate of drug-likeness (QED) is 0.770. The van der Waals surface area contributed by atoms with Gasteiger partial charge in [-0.1, -0.05) is 5.16 Å². The Morgan fingerprint density at radius 2 is 2.14 bits per heavy atom. The fourth-order valence-electron chi connectivity index (χ4n) is 1.42. The number of rotatable bonds is 7. The summed E-state index contributed by atoms with van der Waals surface area (Å²) >= 11 is 0. The van der Waals surface area contributed by atoms with Gasteiger partial charge in [0.1, 0.15) is 5.69 Å². The van der Waals surface area contributed by atoms with E-state index in [4.69, 9.17) is 14.0 Å². The van der Waals surface area contributed by atoms with E-state index in [0.717, 1.165) is 13.0 Å². The van der Waals surface area contributed by atoms with Crippen LogP contribution in [0.25, 0.3) is 0 Å². The Morgan fingerprint density at radius 1 is 1.33 bits per heavy atom. The van der Waals surface area contributed by atoms with Crippen LogP contribution in [0.2, 0.25) is 0 Å². The van der Waals surface area contributed by atoms with Crippen molar-refractivity contribution < 1.29 is 22.8 Å². The summed E-state index contributed by atoms with van der Waals surface area (Å²) in [5.74, 6) is -2.37. The van der Waals surface area contributed by atoms with Gasteiger partial charge in [-0.2, -0.15) is 18.7 Å². The van der Waals surface area contributed by atoms with Gasteiger partial charge in [-0.15, -0.1) is 0 Å². The van der Waals surface area contributed by atoms with Gasteiger partial charge in [0.05, 0.1) is 13.0 Å². The Morgan fingerprint density at radius 3 is 2.86 bits per heavy atom. The molecule has 0 bridgehead atoms. The molecule has 2 heterocycles. The Kier molecular flexibility index (Phi) is 4.73. The fraction of sp³-hybridized carbons (Fsp3) is 0.500. The normalized spacial score (nSPS) is 11.6. The van der Waals surface area contributed by atoms with E-state index in [2.05, 4.69) is 20.1 Å². The molecule has 0 aliphatic carbocycles. The third-order valence-corrected chi connectivity index (χ3v) is 2.44. The first-order valence-electron chi connectivity index (χ1n) is 6.13. The summed E-state index contributed by atoms with van der Waals surface area (Å²) in [6.45, 7) is 1.13. The predicted molar refractivity (Wildman–Crippen MR) is 65.8 cm³/mol. The van der Waals surface area contributed by atoms with Crippen LogP contribution in [0, 0.1) is 0 Å². The first kappa shape index (κ1) is 15.2. The lowest BCUT2D eigenvalue weighted by atomic mass is 10.3. The molecule has 0 aromatic carbocycles. The van der Waals surface area contributed by atoms with Crippen molar-refractivity contribution in [2.75, 3.05) is 13.7 Å². The van der Waals surface area contributed by atoms with Crippen molar-refractivity contribution in [1.82, 2.24) is 20.1 Å². The van der Waals surface area contributed by atoms with Crippen LogP contribution in [0.5, 0.6) is 6.01 Å². The number of hydrogen-bond acceptors (Lipinski definition) is 7. The molecule has 114 valence electrons. The summed E-state index contributed by atoms with van der Waals surface area (Å²) in [4.78, 5) is 11.4. The van der Waals surface area contributed by atoms with Crippen molar-refractivity contribution in [3.63, 3.8) is 0 Å². The third-order valence-electron chi connectivity index (χ3n) is 2.44. The zero-order valence-electron chi connectivity index (χ0n) is 11.5. The first-order valence-corrected chi connectivity index (χ1v) is 6.13. The molecule has 0 unspecified atom stereocenters. The van der Waals surface area contributed by atoms with Gasteiger partial charge in [-0.25, -0.2) is 4.98 Å². The molecule has 2 rings (SSSR count). The number of ether oxygens (including phenoxy) is 2. The van der Waals surface area contributed by atoms with Gasteiger partial charge in [-0.05, 0) is 6.07 Å². The molecule has 2 aromatic rings. The van der Waals surface area contributed by atoms with Crippen LogP contribution < -0.4 is 4.74 Å². The van der Waals surface area contributed by atoms with Crippen molar-refractivity contribution in [2.24, 2.45) is 0 Å². The van der Waals surface area contributed by atoms with E-state index in [-0.39, 0.29) is 18.4 Å². The standard InChI is InChI=1S/C12H14F2N4O3/c1-12(13,14)8-3-5-15-11(16-8)20-7-9-17-10(21-18-9)4-6-19-2/h3,5H,4,6-7H2,1-2H3. The second kappa shape index (κ2) is 6.53. The van der Waals surface area contributed by atoms with Crippen LogP contribution in [0.1, 0.15) is 24.3 Å². The summed E-state index contributed by atoms with van der Waals surface area (Å²) in [5.41, 5.74) is -0.415. The molecule has 0 amide bonds. The fourth-order valence-corrected chi connectivity index (χ4v) is 1.42. The maximum absolute atomic E-state index is 13.1. The molecule has 0 saturated heterocycles. The molecule has 0 fully saturated rings. The zero-order valence-corrected chi connectivity index (χ0v) is 11.5. The van der Waals surface area contributed by atoms with E-state index >= 15 is 0 Å². The molecule has 0 N–H and O–H groups in total. The highest BCUT2D eigenvalue weighted by atomic mass is 19.3. The second-order valence-electron chi connectivity index (χ2n) is 4.25. The van der Waals surface area contributed by atoms with Crippen molar-refractivity contribution in [3.05, 3.63) is 29.7 Å². The lowest BCUT2D eigenvalue weighted by Gasteiger charge is -2.09. The molecular formula is C12H14F2N4O3. The largest absolute Gasteiger partial charge is 0.455 e. The monoisotopic (exact) mass is 300 g/mol. The van der Waals surface area contributed by atoms with Crippen molar-refractivity contribution >= 4 is 0 Å². The van der Waals surface area contributed by atoms with E-state index in [0.29, 0.717) is 18.9 Å². The molecule has 7 nitrogen and oxygen atoms in total. The number of methoxy groups -OCH3 is 1. The smallest absolute Gasteiger partial charge is 0.317 e. The van der Waals surface area contributed by atoms with Crippen molar-refractivity contribution in [1.29, 1.82) is 0 Å². The summed E-state index contributed by atoms with van der Waals surface area (Å²) in [7, 11) is 1.56. The zero-order chi connectivity index (χ0) is 15.3. The average Bonchev–Trinajstić information content (AvgIpc) is 2.90. The molecule has 0 saturated carbocycles. The highest BCUT2D eigenvalue weighted by Gasteiger charge is 2.26. The molecule has 21 heavy (non-hydrogen) atoms. The van der Waals surface area contributed by atoms with Crippen molar-refractivity contribution in [3.8, 4) is 6.01 Å². The van der Waals surface area contributed by atoms with Crippen LogP contribution in [0.3, 0.4) is 0 Å². The number of alkyl halides is 2. The topological polar surface area (TPSA) is 83.2 Å². The van der Waals surface area contributed by atoms with Gasteiger partial charge in [0.15, 0.2) is 6.61 Å². The van der Waals surface area contributed by atoms with Gasteiger partial charge in [0, 0.05) is 20.2 Å². The Balaban J connectivity index is 1.95. The number of nitrogens with zero attached hydrogens (tertiary/aromatic N) is 4. The van der Waals surface area contributed by atoms with E-state index < -0.39 is 11.6 Å². The number of halogens is 2. The minimum atomic E-state index is -3.06. The molecule has 0 spiro atoms.